The van der Waals surface area contributed by atoms with Crippen molar-refractivity contribution in [2.45, 2.75) is 78.8 Å². The Morgan fingerprint density at radius 1 is 1.12 bits per heavy atom. The molecule has 3 rings (SSSR count). The summed E-state index contributed by atoms with van der Waals surface area (Å²) in [6, 6.07) is 11.4. The Balaban J connectivity index is 1.73. The summed E-state index contributed by atoms with van der Waals surface area (Å²) in [5.74, 6) is 0.296. The van der Waals surface area contributed by atoms with Crippen LogP contribution in [0.15, 0.2) is 48.6 Å². The Kier molecular flexibility index (Phi) is 7.20. The average molecular weight is 465 g/mol. The molecule has 182 valence electrons. The monoisotopic (exact) mass is 464 g/mol. The number of nitrogens with zero attached hydrogens (tertiary/aromatic N) is 2. The summed E-state index contributed by atoms with van der Waals surface area (Å²) in [5, 5.41) is 6.31. The normalized spacial score (nSPS) is 12.6. The Bertz CT molecular complexity index is 1220. The molecule has 0 aliphatic heterocycles. The van der Waals surface area contributed by atoms with Gasteiger partial charge in [0.2, 0.25) is 5.91 Å². The second-order valence-electron chi connectivity index (χ2n) is 10.9. The maximum absolute atomic E-state index is 14.9. The molecule has 0 unspecified atom stereocenters. The van der Waals surface area contributed by atoms with Crippen molar-refractivity contribution >= 4 is 28.3 Å². The van der Waals surface area contributed by atoms with Crippen molar-refractivity contribution in [3.8, 4) is 0 Å². The van der Waals surface area contributed by atoms with Gasteiger partial charge in [0.25, 0.3) is 0 Å². The number of carbonyl (C=O) groups excluding carboxylic acids is 1. The molecular weight excluding hydrogens is 427 g/mol. The van der Waals surface area contributed by atoms with Crippen molar-refractivity contribution in [3.05, 3.63) is 65.8 Å². The van der Waals surface area contributed by atoms with Crippen molar-refractivity contribution in [1.82, 2.24) is 9.55 Å². The van der Waals surface area contributed by atoms with Crippen LogP contribution in [0.1, 0.15) is 72.3 Å². The van der Waals surface area contributed by atoms with Crippen LogP contribution in [0.3, 0.4) is 0 Å². The average Bonchev–Trinajstić information content (AvgIpc) is 3.03. The van der Waals surface area contributed by atoms with Gasteiger partial charge in [0.15, 0.2) is 5.82 Å². The summed E-state index contributed by atoms with van der Waals surface area (Å²) >= 11 is 0. The first-order chi connectivity index (χ1) is 15.8. The van der Waals surface area contributed by atoms with Gasteiger partial charge < -0.3 is 15.2 Å². The molecule has 1 amide bonds. The van der Waals surface area contributed by atoms with Crippen LogP contribution in [0.5, 0.6) is 0 Å². The number of nitrogens with one attached hydrogen (secondary N) is 2. The molecule has 0 saturated heterocycles. The number of hydrogen-bond donors (Lipinski definition) is 2. The van der Waals surface area contributed by atoms with E-state index in [1.807, 2.05) is 43.3 Å². The first kappa shape index (κ1) is 25.5. The molecule has 6 heteroatoms. The third-order valence-corrected chi connectivity index (χ3v) is 5.77. The van der Waals surface area contributed by atoms with E-state index in [2.05, 4.69) is 68.7 Å². The topological polar surface area (TPSA) is 59.0 Å². The fourth-order valence-electron chi connectivity index (χ4n) is 4.18. The minimum absolute atomic E-state index is 0.0673. The molecule has 0 saturated carbocycles. The van der Waals surface area contributed by atoms with Gasteiger partial charge in [-0.25, -0.2) is 9.37 Å². The van der Waals surface area contributed by atoms with Gasteiger partial charge in [-0.15, -0.1) is 0 Å². The van der Waals surface area contributed by atoms with Crippen LogP contribution in [0, 0.1) is 12.7 Å². The highest BCUT2D eigenvalue weighted by molar-refractivity contribution is 5.99. The zero-order chi connectivity index (χ0) is 25.3. The van der Waals surface area contributed by atoms with Gasteiger partial charge in [-0.05, 0) is 95.3 Å². The summed E-state index contributed by atoms with van der Waals surface area (Å²) in [5.41, 5.74) is 3.34. The lowest BCUT2D eigenvalue weighted by molar-refractivity contribution is -0.111. The molecular formula is C28H37FN4O. The number of fused-ring (bicyclic) bond motifs is 1. The Labute approximate surface area is 202 Å². The second kappa shape index (κ2) is 9.61. The van der Waals surface area contributed by atoms with Crippen molar-refractivity contribution in [2.75, 3.05) is 10.6 Å². The van der Waals surface area contributed by atoms with E-state index in [1.54, 1.807) is 12.1 Å². The second-order valence-corrected chi connectivity index (χ2v) is 10.9. The molecule has 0 atom stereocenters. The SMILES string of the molecule is Cc1nc2c(F)cc(C(C)(C)C/C=C/C(=O)Nc3cccc(NC(C)(C)C)c3)cc2n1C(C)C. The van der Waals surface area contributed by atoms with Crippen LogP contribution in [-0.4, -0.2) is 21.0 Å². The smallest absolute Gasteiger partial charge is 0.248 e. The third-order valence-electron chi connectivity index (χ3n) is 5.77. The van der Waals surface area contributed by atoms with Gasteiger partial charge in [0.1, 0.15) is 11.3 Å². The zero-order valence-corrected chi connectivity index (χ0v) is 21.6. The van der Waals surface area contributed by atoms with E-state index in [4.69, 9.17) is 0 Å². The van der Waals surface area contributed by atoms with Crippen LogP contribution in [-0.2, 0) is 10.2 Å². The van der Waals surface area contributed by atoms with Gasteiger partial charge in [0, 0.05) is 23.0 Å². The number of amides is 1. The van der Waals surface area contributed by atoms with E-state index in [9.17, 15) is 9.18 Å². The van der Waals surface area contributed by atoms with Gasteiger partial charge in [-0.2, -0.15) is 0 Å². The lowest BCUT2D eigenvalue weighted by Gasteiger charge is -2.24. The highest BCUT2D eigenvalue weighted by Crippen LogP contribution is 2.33. The summed E-state index contributed by atoms with van der Waals surface area (Å²) in [6.07, 6.45) is 3.98. The third kappa shape index (κ3) is 6.04. The number of anilines is 2. The minimum Gasteiger partial charge on any atom is -0.380 e. The van der Waals surface area contributed by atoms with Crippen LogP contribution in [0.4, 0.5) is 15.8 Å². The summed E-state index contributed by atoms with van der Waals surface area (Å²) < 4.78 is 17.0. The maximum atomic E-state index is 14.9. The van der Waals surface area contributed by atoms with E-state index in [0.29, 0.717) is 11.9 Å². The van der Waals surface area contributed by atoms with E-state index in [1.165, 1.54) is 0 Å². The molecule has 5 nitrogen and oxygen atoms in total. The number of allylic oxidation sites excluding steroid dienone is 1. The molecule has 1 heterocycles. The molecule has 2 aromatic carbocycles. The van der Waals surface area contributed by atoms with Gasteiger partial charge in [-0.1, -0.05) is 26.0 Å². The van der Waals surface area contributed by atoms with Crippen molar-refractivity contribution in [2.24, 2.45) is 0 Å². The molecule has 0 radical (unpaired) electrons. The molecule has 1 aromatic heterocycles. The molecule has 0 spiro atoms. The Morgan fingerprint density at radius 2 is 1.79 bits per heavy atom. The molecule has 0 aliphatic rings. The molecule has 0 fully saturated rings. The number of imidazole rings is 1. The number of hydrogen-bond acceptors (Lipinski definition) is 3. The van der Waals surface area contributed by atoms with Crippen LogP contribution in [0.25, 0.3) is 11.0 Å². The van der Waals surface area contributed by atoms with E-state index in [-0.39, 0.29) is 28.7 Å². The lowest BCUT2D eigenvalue weighted by atomic mass is 9.81. The number of benzene rings is 2. The first-order valence-corrected chi connectivity index (χ1v) is 11.8. The van der Waals surface area contributed by atoms with Crippen LogP contribution < -0.4 is 10.6 Å². The van der Waals surface area contributed by atoms with E-state index >= 15 is 0 Å². The first-order valence-electron chi connectivity index (χ1n) is 11.8. The van der Waals surface area contributed by atoms with Gasteiger partial charge in [0.05, 0.1) is 5.52 Å². The predicted molar refractivity (Wildman–Crippen MR) is 140 cm³/mol. The molecule has 2 N–H and O–H groups in total. The van der Waals surface area contributed by atoms with Crippen molar-refractivity contribution in [3.63, 3.8) is 0 Å². The quantitative estimate of drug-likeness (QED) is 0.365. The minimum atomic E-state index is -0.359. The van der Waals surface area contributed by atoms with Gasteiger partial charge >= 0.3 is 0 Å². The Morgan fingerprint density at radius 3 is 2.44 bits per heavy atom. The van der Waals surface area contributed by atoms with Crippen molar-refractivity contribution in [1.29, 1.82) is 0 Å². The number of aromatic nitrogens is 2. The standard InChI is InChI=1S/C28H37FN4O/c1-18(2)33-19(3)30-26-23(29)15-20(16-24(26)33)28(7,8)14-10-13-25(34)31-21-11-9-12-22(17-21)32-27(4,5)6/h9-13,15-18,32H,14H2,1-8H3,(H,31,34)/b13-10+. The van der Waals surface area contributed by atoms with Crippen molar-refractivity contribution < 1.29 is 9.18 Å². The highest BCUT2D eigenvalue weighted by Gasteiger charge is 2.23. The zero-order valence-electron chi connectivity index (χ0n) is 21.6. The largest absolute Gasteiger partial charge is 0.380 e. The number of carbonyl (C=O) groups is 1. The fourth-order valence-corrected chi connectivity index (χ4v) is 4.18. The molecule has 3 aromatic rings. The van der Waals surface area contributed by atoms with E-state index < -0.39 is 0 Å². The summed E-state index contributed by atoms with van der Waals surface area (Å²) in [4.78, 5) is 16.9. The summed E-state index contributed by atoms with van der Waals surface area (Å²) in [6.45, 7) is 16.4. The van der Waals surface area contributed by atoms with Crippen LogP contribution >= 0.6 is 0 Å². The number of aryl methyl sites for hydroxylation is 1. The summed E-state index contributed by atoms with van der Waals surface area (Å²) in [7, 11) is 0. The highest BCUT2D eigenvalue weighted by atomic mass is 19.1. The predicted octanol–water partition coefficient (Wildman–Crippen LogP) is 7.14. The molecule has 0 bridgehead atoms. The molecule has 0 aliphatic carbocycles. The fraction of sp³-hybridized carbons (Fsp3) is 0.429. The number of halogens is 1. The number of rotatable bonds is 7. The Hall–Kier alpha value is -3.15. The lowest BCUT2D eigenvalue weighted by Crippen LogP contribution is -2.26. The van der Waals surface area contributed by atoms with Crippen LogP contribution in [0.2, 0.25) is 0 Å². The molecule has 34 heavy (non-hydrogen) atoms. The van der Waals surface area contributed by atoms with Gasteiger partial charge in [-0.3, -0.25) is 4.79 Å². The maximum Gasteiger partial charge on any atom is 0.248 e. The van der Waals surface area contributed by atoms with E-state index in [0.717, 1.165) is 28.3 Å².